The summed E-state index contributed by atoms with van der Waals surface area (Å²) in [4.78, 5) is 13.2. The highest BCUT2D eigenvalue weighted by atomic mass is 19.3. The average Bonchev–Trinajstić information content (AvgIpc) is 2.90. The molecule has 0 saturated heterocycles. The predicted octanol–water partition coefficient (Wildman–Crippen LogP) is 0.869. The number of hydrogen-bond donors (Lipinski definition) is 1. The number of carbonyl (C=O) groups is 1. The largest absolute Gasteiger partial charge is 0.393 e. The molecule has 0 radical (unpaired) electrons. The van der Waals surface area contributed by atoms with Crippen molar-refractivity contribution in [2.24, 2.45) is 11.8 Å². The molecule has 0 spiro atoms. The van der Waals surface area contributed by atoms with Gasteiger partial charge in [-0.25, -0.2) is 8.78 Å². The van der Waals surface area contributed by atoms with E-state index >= 15 is 0 Å². The Bertz CT molecular complexity index is 266. The Morgan fingerprint density at radius 3 is 2.40 bits per heavy atom. The van der Waals surface area contributed by atoms with Crippen LogP contribution in [0, 0.1) is 11.8 Å². The minimum absolute atomic E-state index is 0.0476. The summed E-state index contributed by atoms with van der Waals surface area (Å²) in [6.45, 7) is 0. The van der Waals surface area contributed by atoms with Gasteiger partial charge >= 0.3 is 0 Å². The molecule has 3 nitrogen and oxygen atoms in total. The summed E-state index contributed by atoms with van der Waals surface area (Å²) in [7, 11) is 1.64. The molecule has 0 aliphatic heterocycles. The lowest BCUT2D eigenvalue weighted by Crippen LogP contribution is -2.48. The summed E-state index contributed by atoms with van der Waals surface area (Å²) in [6, 6.07) is 0.0476. The van der Waals surface area contributed by atoms with E-state index in [1.54, 1.807) is 7.05 Å². The fourth-order valence-corrected chi connectivity index (χ4v) is 2.09. The first kappa shape index (κ1) is 10.8. The zero-order valence-corrected chi connectivity index (χ0v) is 8.57. The van der Waals surface area contributed by atoms with Crippen LogP contribution >= 0.6 is 0 Å². The molecule has 1 N–H and O–H groups in total. The summed E-state index contributed by atoms with van der Waals surface area (Å²) in [5.74, 6) is -1.39. The number of carbonyl (C=O) groups excluding carboxylic acids is 1. The molecule has 0 aromatic heterocycles. The molecule has 2 fully saturated rings. The molecule has 1 amide bonds. The van der Waals surface area contributed by atoms with Crippen LogP contribution < -0.4 is 0 Å². The van der Waals surface area contributed by atoms with Gasteiger partial charge < -0.3 is 10.0 Å². The second-order valence-electron chi connectivity index (χ2n) is 4.57. The molecule has 2 saturated carbocycles. The van der Waals surface area contributed by atoms with Gasteiger partial charge in [0.25, 0.3) is 0 Å². The molecule has 0 heterocycles. The van der Waals surface area contributed by atoms with E-state index < -0.39 is 18.3 Å². The van der Waals surface area contributed by atoms with Crippen LogP contribution in [0.3, 0.4) is 0 Å². The first-order chi connectivity index (χ1) is 7.00. The highest BCUT2D eigenvalue weighted by Crippen LogP contribution is 2.45. The van der Waals surface area contributed by atoms with Gasteiger partial charge in [-0.1, -0.05) is 0 Å². The zero-order valence-electron chi connectivity index (χ0n) is 8.57. The highest BCUT2D eigenvalue weighted by molar-refractivity contribution is 5.82. The van der Waals surface area contributed by atoms with Gasteiger partial charge in [0, 0.05) is 24.9 Å². The van der Waals surface area contributed by atoms with Crippen molar-refractivity contribution in [2.45, 2.75) is 37.8 Å². The first-order valence-corrected chi connectivity index (χ1v) is 5.23. The van der Waals surface area contributed by atoms with Gasteiger partial charge in [-0.3, -0.25) is 4.79 Å². The quantitative estimate of drug-likeness (QED) is 0.765. The van der Waals surface area contributed by atoms with Gasteiger partial charge in [0.05, 0.1) is 6.10 Å². The molecule has 2 atom stereocenters. The Labute approximate surface area is 87.1 Å². The van der Waals surface area contributed by atoms with E-state index in [1.165, 1.54) is 4.90 Å². The van der Waals surface area contributed by atoms with E-state index in [0.29, 0.717) is 19.3 Å². The molecular weight excluding hydrogens is 204 g/mol. The van der Waals surface area contributed by atoms with Crippen molar-refractivity contribution in [3.05, 3.63) is 0 Å². The fraction of sp³-hybridized carbons (Fsp3) is 0.900. The van der Waals surface area contributed by atoms with E-state index in [1.807, 2.05) is 0 Å². The number of hydrogen-bond acceptors (Lipinski definition) is 2. The third-order valence-electron chi connectivity index (χ3n) is 3.46. The maximum absolute atomic E-state index is 12.2. The van der Waals surface area contributed by atoms with Crippen LogP contribution in [-0.4, -0.2) is 41.5 Å². The summed E-state index contributed by atoms with van der Waals surface area (Å²) in [6.07, 6.45) is -1.23. The average molecular weight is 219 g/mol. The van der Waals surface area contributed by atoms with Crippen molar-refractivity contribution in [3.63, 3.8) is 0 Å². The number of rotatable bonds is 3. The number of halogens is 2. The minimum Gasteiger partial charge on any atom is -0.393 e. The molecule has 2 aliphatic rings. The van der Waals surface area contributed by atoms with Crippen molar-refractivity contribution in [1.82, 2.24) is 4.90 Å². The third-order valence-corrected chi connectivity index (χ3v) is 3.46. The molecule has 2 aliphatic carbocycles. The summed E-state index contributed by atoms with van der Waals surface area (Å²) in [5, 5.41) is 9.09. The summed E-state index contributed by atoms with van der Waals surface area (Å²) >= 11 is 0. The standard InChI is InChI=1S/C10H15F2NO2/c1-13(5-2-6(14)3-5)10(15)8-4-7(8)9(11)12/h5-9,14H,2-4H2,1H3/t5?,6?,7-,8-/m0/s1. The van der Waals surface area contributed by atoms with Crippen molar-refractivity contribution < 1.29 is 18.7 Å². The van der Waals surface area contributed by atoms with Crippen LogP contribution in [0.15, 0.2) is 0 Å². The molecule has 0 aromatic rings. The lowest BCUT2D eigenvalue weighted by molar-refractivity contribution is -0.138. The van der Waals surface area contributed by atoms with Crippen molar-refractivity contribution >= 4 is 5.91 Å². The Balaban J connectivity index is 1.82. The first-order valence-electron chi connectivity index (χ1n) is 5.23. The summed E-state index contributed by atoms with van der Waals surface area (Å²) in [5.41, 5.74) is 0. The lowest BCUT2D eigenvalue weighted by atomic mass is 9.88. The smallest absolute Gasteiger partial charge is 0.242 e. The summed E-state index contributed by atoms with van der Waals surface area (Å²) < 4.78 is 24.5. The van der Waals surface area contributed by atoms with E-state index in [-0.39, 0.29) is 18.1 Å². The maximum Gasteiger partial charge on any atom is 0.242 e. The van der Waals surface area contributed by atoms with Crippen molar-refractivity contribution in [3.8, 4) is 0 Å². The molecule has 5 heteroatoms. The predicted molar refractivity (Wildman–Crippen MR) is 49.4 cm³/mol. The van der Waals surface area contributed by atoms with E-state index in [4.69, 9.17) is 5.11 Å². The number of amides is 1. The van der Waals surface area contributed by atoms with Gasteiger partial charge in [0.2, 0.25) is 12.3 Å². The van der Waals surface area contributed by atoms with E-state index in [2.05, 4.69) is 0 Å². The zero-order chi connectivity index (χ0) is 11.2. The van der Waals surface area contributed by atoms with Gasteiger partial charge in [-0.05, 0) is 19.3 Å². The Hall–Kier alpha value is -0.710. The number of nitrogens with zero attached hydrogens (tertiary/aromatic N) is 1. The molecule has 15 heavy (non-hydrogen) atoms. The topological polar surface area (TPSA) is 40.5 Å². The van der Waals surface area contributed by atoms with Crippen LogP contribution in [0.25, 0.3) is 0 Å². The van der Waals surface area contributed by atoms with Crippen molar-refractivity contribution in [2.75, 3.05) is 7.05 Å². The normalized spacial score (nSPS) is 38.7. The maximum atomic E-state index is 12.2. The Morgan fingerprint density at radius 2 is 2.00 bits per heavy atom. The molecule has 0 bridgehead atoms. The Morgan fingerprint density at radius 1 is 1.40 bits per heavy atom. The van der Waals surface area contributed by atoms with Crippen LogP contribution in [0.1, 0.15) is 19.3 Å². The third kappa shape index (κ3) is 1.97. The van der Waals surface area contributed by atoms with Crippen LogP contribution in [0.5, 0.6) is 0 Å². The van der Waals surface area contributed by atoms with Crippen LogP contribution in [0.2, 0.25) is 0 Å². The van der Waals surface area contributed by atoms with Crippen molar-refractivity contribution in [1.29, 1.82) is 0 Å². The monoisotopic (exact) mass is 219 g/mol. The second kappa shape index (κ2) is 3.70. The number of aliphatic hydroxyl groups excluding tert-OH is 1. The van der Waals surface area contributed by atoms with E-state index in [0.717, 1.165) is 0 Å². The Kier molecular flexibility index (Phi) is 2.66. The van der Waals surface area contributed by atoms with Crippen LogP contribution in [-0.2, 0) is 4.79 Å². The molecular formula is C10H15F2NO2. The molecule has 0 unspecified atom stereocenters. The lowest BCUT2D eigenvalue weighted by Gasteiger charge is -2.38. The second-order valence-corrected chi connectivity index (χ2v) is 4.57. The SMILES string of the molecule is CN(C(=O)[C@H]1C[C@@H]1C(F)F)C1CC(O)C1. The molecule has 2 rings (SSSR count). The van der Waals surface area contributed by atoms with E-state index in [9.17, 15) is 13.6 Å². The molecule has 86 valence electrons. The van der Waals surface area contributed by atoms with Gasteiger partial charge in [0.15, 0.2) is 0 Å². The number of aliphatic hydroxyl groups is 1. The fourth-order valence-electron chi connectivity index (χ4n) is 2.09. The van der Waals surface area contributed by atoms with Gasteiger partial charge in [-0.15, -0.1) is 0 Å². The highest BCUT2D eigenvalue weighted by Gasteiger charge is 2.51. The number of alkyl halides is 2. The van der Waals surface area contributed by atoms with Crippen LogP contribution in [0.4, 0.5) is 8.78 Å². The molecule has 0 aromatic carbocycles. The van der Waals surface area contributed by atoms with Gasteiger partial charge in [0.1, 0.15) is 0 Å². The minimum atomic E-state index is -2.38. The van der Waals surface area contributed by atoms with Gasteiger partial charge in [-0.2, -0.15) is 0 Å².